The highest BCUT2D eigenvalue weighted by atomic mass is 32.9. The summed E-state index contributed by atoms with van der Waals surface area (Å²) in [5, 5.41) is 5.60. The van der Waals surface area contributed by atoms with Gasteiger partial charge in [0.2, 0.25) is 0 Å². The molecular formula is C22H25NOS3. The van der Waals surface area contributed by atoms with E-state index in [1.165, 1.54) is 19.3 Å². The highest BCUT2D eigenvalue weighted by molar-refractivity contribution is 7.79. The van der Waals surface area contributed by atoms with Gasteiger partial charge in [-0.05, 0) is 73.0 Å². The van der Waals surface area contributed by atoms with E-state index >= 15 is 0 Å². The number of benzene rings is 1. The minimum atomic E-state index is 0.00149. The fraction of sp³-hybridized carbons (Fsp3) is 0.545. The molecule has 0 radical (unpaired) electrons. The van der Waals surface area contributed by atoms with Gasteiger partial charge in [0.15, 0.2) is 0 Å². The molecule has 4 fully saturated rings. The summed E-state index contributed by atoms with van der Waals surface area (Å²) in [6, 6.07) is 7.96. The van der Waals surface area contributed by atoms with Crippen molar-refractivity contribution < 1.29 is 4.79 Å². The summed E-state index contributed by atoms with van der Waals surface area (Å²) in [5.74, 6) is 0.867. The molecule has 4 aliphatic carbocycles. The number of hydrogen-bond donors (Lipinski definition) is 1. The Labute approximate surface area is 173 Å². The number of rotatable bonds is 3. The molecule has 0 spiro atoms. The highest BCUT2D eigenvalue weighted by Gasteiger charge is 2.60. The van der Waals surface area contributed by atoms with Gasteiger partial charge in [-0.15, -0.1) is 0 Å². The number of amides is 1. The van der Waals surface area contributed by atoms with Gasteiger partial charge in [-0.3, -0.25) is 4.79 Å². The van der Waals surface area contributed by atoms with Gasteiger partial charge in [0, 0.05) is 22.0 Å². The van der Waals surface area contributed by atoms with Gasteiger partial charge < -0.3 is 5.32 Å². The van der Waals surface area contributed by atoms with Gasteiger partial charge in [0.1, 0.15) is 3.82 Å². The Kier molecular flexibility index (Phi) is 3.99. The molecule has 1 heterocycles. The zero-order valence-corrected chi connectivity index (χ0v) is 18.3. The van der Waals surface area contributed by atoms with Gasteiger partial charge in [-0.2, -0.15) is 0 Å². The van der Waals surface area contributed by atoms with Crippen LogP contribution in [0.15, 0.2) is 29.6 Å². The Hall–Kier alpha value is -1.04. The smallest absolute Gasteiger partial charge is 0.251 e. The predicted octanol–water partition coefficient (Wildman–Crippen LogP) is 6.68. The normalized spacial score (nSPS) is 36.7. The second kappa shape index (κ2) is 5.98. The Morgan fingerprint density at radius 3 is 2.30 bits per heavy atom. The van der Waals surface area contributed by atoms with Gasteiger partial charge in [0.25, 0.3) is 5.91 Å². The average molecular weight is 416 g/mol. The maximum absolute atomic E-state index is 13.1. The van der Waals surface area contributed by atoms with Crippen LogP contribution in [0.3, 0.4) is 0 Å². The van der Waals surface area contributed by atoms with Gasteiger partial charge in [0.05, 0.1) is 0 Å². The molecule has 0 saturated heterocycles. The van der Waals surface area contributed by atoms with E-state index in [9.17, 15) is 4.79 Å². The highest BCUT2D eigenvalue weighted by Crippen LogP contribution is 2.66. The lowest BCUT2D eigenvalue weighted by Gasteiger charge is -2.65. The molecule has 1 N–H and O–H groups in total. The molecule has 27 heavy (non-hydrogen) atoms. The maximum atomic E-state index is 13.1. The summed E-state index contributed by atoms with van der Waals surface area (Å²) < 4.78 is 0.923. The van der Waals surface area contributed by atoms with Gasteiger partial charge in [-0.25, -0.2) is 0 Å². The third-order valence-electron chi connectivity index (χ3n) is 6.97. The van der Waals surface area contributed by atoms with E-state index in [2.05, 4.69) is 24.5 Å². The number of nitrogens with one attached hydrogen (secondary N) is 1. The van der Waals surface area contributed by atoms with Crippen LogP contribution in [0.4, 0.5) is 0 Å². The summed E-state index contributed by atoms with van der Waals surface area (Å²) in [4.78, 5) is 13.1. The topological polar surface area (TPSA) is 29.1 Å². The third kappa shape index (κ3) is 3.12. The van der Waals surface area contributed by atoms with Crippen LogP contribution in [0.2, 0.25) is 0 Å². The summed E-state index contributed by atoms with van der Waals surface area (Å²) in [6.45, 7) is 4.89. The number of carbonyl (C=O) groups is 1. The Morgan fingerprint density at radius 2 is 1.74 bits per heavy atom. The SMILES string of the molecule is C[C@]12C[C@H]3CC(NC(=O)c4ccc(-c5cssc5=S)cc4)(C1)C[C@@](C)(C3)C2. The van der Waals surface area contributed by atoms with E-state index in [1.54, 1.807) is 20.7 Å². The van der Waals surface area contributed by atoms with Crippen molar-refractivity contribution in [2.24, 2.45) is 16.7 Å². The fourth-order valence-corrected chi connectivity index (χ4v) is 9.49. The first-order valence-corrected chi connectivity index (χ1v) is 12.4. The molecule has 1 aromatic heterocycles. The maximum Gasteiger partial charge on any atom is 0.251 e. The summed E-state index contributed by atoms with van der Waals surface area (Å²) >= 11 is 5.39. The van der Waals surface area contributed by atoms with Gasteiger partial charge in [-0.1, -0.05) is 58.9 Å². The molecule has 4 saturated carbocycles. The quantitative estimate of drug-likeness (QED) is 0.447. The molecule has 4 bridgehead atoms. The second-order valence-electron chi connectivity index (χ2n) is 9.94. The van der Waals surface area contributed by atoms with Crippen LogP contribution < -0.4 is 5.32 Å². The molecule has 4 aliphatic rings. The fourth-order valence-electron chi connectivity index (χ4n) is 7.10. The van der Waals surface area contributed by atoms with Crippen LogP contribution in [-0.4, -0.2) is 11.4 Å². The third-order valence-corrected chi connectivity index (χ3v) is 9.64. The van der Waals surface area contributed by atoms with Crippen LogP contribution in [0.1, 0.15) is 62.7 Å². The van der Waals surface area contributed by atoms with Crippen molar-refractivity contribution in [3.63, 3.8) is 0 Å². The molecule has 0 aliphatic heterocycles. The number of carbonyl (C=O) groups excluding carboxylic acids is 1. The van der Waals surface area contributed by atoms with Crippen molar-refractivity contribution in [1.82, 2.24) is 5.32 Å². The standard InChI is InChI=1S/C22H25NOS3/c1-20-7-14-8-21(2,11-20)13-22(9-14,12-20)23-18(24)16-5-3-15(4-6-16)17-10-26-27-19(17)25/h3-6,10,14H,7-9,11-13H2,1-2H3,(H,23,24)/t14-,20-,21+,22?. The van der Waals surface area contributed by atoms with E-state index in [0.717, 1.165) is 45.7 Å². The lowest BCUT2D eigenvalue weighted by molar-refractivity contribution is -0.114. The van der Waals surface area contributed by atoms with Crippen molar-refractivity contribution in [2.45, 2.75) is 57.9 Å². The minimum Gasteiger partial charge on any atom is -0.347 e. The first-order valence-electron chi connectivity index (χ1n) is 9.78. The molecule has 5 heteroatoms. The van der Waals surface area contributed by atoms with Crippen LogP contribution >= 0.6 is 32.9 Å². The second-order valence-corrected chi connectivity index (χ2v) is 12.7. The molecule has 142 valence electrons. The van der Waals surface area contributed by atoms with Crippen molar-refractivity contribution in [1.29, 1.82) is 0 Å². The predicted molar refractivity (Wildman–Crippen MR) is 116 cm³/mol. The molecule has 1 unspecified atom stereocenters. The van der Waals surface area contributed by atoms with E-state index in [0.29, 0.717) is 10.8 Å². The van der Waals surface area contributed by atoms with Crippen LogP contribution in [0.5, 0.6) is 0 Å². The summed E-state index contributed by atoms with van der Waals surface area (Å²) in [7, 11) is 3.29. The Morgan fingerprint density at radius 1 is 1.07 bits per heavy atom. The van der Waals surface area contributed by atoms with E-state index in [1.807, 2.05) is 24.3 Å². The van der Waals surface area contributed by atoms with Crippen molar-refractivity contribution >= 4 is 38.8 Å². The average Bonchev–Trinajstić information content (AvgIpc) is 2.97. The monoisotopic (exact) mass is 415 g/mol. The van der Waals surface area contributed by atoms with Crippen LogP contribution in [0.25, 0.3) is 11.1 Å². The molecule has 6 rings (SSSR count). The lowest BCUT2D eigenvalue weighted by Crippen LogP contribution is -2.65. The minimum absolute atomic E-state index is 0.00149. The first kappa shape index (κ1) is 18.0. The summed E-state index contributed by atoms with van der Waals surface area (Å²) in [6.07, 6.45) is 7.47. The Bertz CT molecular complexity index is 938. The Balaban J connectivity index is 1.38. The molecule has 4 atom stereocenters. The van der Waals surface area contributed by atoms with Gasteiger partial charge >= 0.3 is 0 Å². The summed E-state index contributed by atoms with van der Waals surface area (Å²) in [5.41, 5.74) is 3.78. The largest absolute Gasteiger partial charge is 0.347 e. The molecular weight excluding hydrogens is 390 g/mol. The first-order chi connectivity index (χ1) is 12.8. The van der Waals surface area contributed by atoms with E-state index in [4.69, 9.17) is 12.2 Å². The molecule has 1 amide bonds. The number of hydrogen-bond acceptors (Lipinski definition) is 4. The van der Waals surface area contributed by atoms with Crippen molar-refractivity contribution in [3.8, 4) is 11.1 Å². The zero-order chi connectivity index (χ0) is 18.9. The molecule has 1 aromatic carbocycles. The molecule has 2 aromatic rings. The lowest BCUT2D eigenvalue weighted by atomic mass is 9.43. The van der Waals surface area contributed by atoms with Crippen molar-refractivity contribution in [2.75, 3.05) is 0 Å². The zero-order valence-electron chi connectivity index (χ0n) is 15.8. The van der Waals surface area contributed by atoms with E-state index in [-0.39, 0.29) is 11.4 Å². The molecule has 2 nitrogen and oxygen atoms in total. The van der Waals surface area contributed by atoms with Crippen LogP contribution in [0, 0.1) is 20.6 Å². The van der Waals surface area contributed by atoms with E-state index < -0.39 is 0 Å². The van der Waals surface area contributed by atoms with Crippen LogP contribution in [-0.2, 0) is 0 Å². The van der Waals surface area contributed by atoms with Crippen molar-refractivity contribution in [3.05, 3.63) is 39.0 Å².